The SMILES string of the molecule is O=C(O)CC1(CNC(=O)c2ccc(F)cc2Br)CCC1. The summed E-state index contributed by atoms with van der Waals surface area (Å²) in [7, 11) is 0. The Morgan fingerprint density at radius 2 is 2.10 bits per heavy atom. The molecule has 1 aliphatic rings. The Kier molecular flexibility index (Phi) is 4.42. The highest BCUT2D eigenvalue weighted by molar-refractivity contribution is 9.10. The monoisotopic (exact) mass is 343 g/mol. The van der Waals surface area contributed by atoms with E-state index in [0.717, 1.165) is 19.3 Å². The Bertz CT molecular complexity index is 543. The molecule has 20 heavy (non-hydrogen) atoms. The first-order valence-corrected chi connectivity index (χ1v) is 7.16. The van der Waals surface area contributed by atoms with Crippen LogP contribution in [0, 0.1) is 11.2 Å². The zero-order valence-corrected chi connectivity index (χ0v) is 12.4. The molecule has 2 N–H and O–H groups in total. The first-order chi connectivity index (χ1) is 9.42. The van der Waals surface area contributed by atoms with E-state index in [1.165, 1.54) is 18.2 Å². The van der Waals surface area contributed by atoms with Gasteiger partial charge >= 0.3 is 5.97 Å². The van der Waals surface area contributed by atoms with Gasteiger partial charge in [-0.2, -0.15) is 0 Å². The van der Waals surface area contributed by atoms with Gasteiger partial charge < -0.3 is 10.4 Å². The maximum absolute atomic E-state index is 13.0. The fraction of sp³-hybridized carbons (Fsp3) is 0.429. The van der Waals surface area contributed by atoms with Gasteiger partial charge in [0.25, 0.3) is 5.91 Å². The second-order valence-corrected chi connectivity index (χ2v) is 6.09. The molecule has 0 spiro atoms. The summed E-state index contributed by atoms with van der Waals surface area (Å²) >= 11 is 3.14. The van der Waals surface area contributed by atoms with Crippen molar-refractivity contribution in [2.24, 2.45) is 5.41 Å². The molecular weight excluding hydrogens is 329 g/mol. The summed E-state index contributed by atoms with van der Waals surface area (Å²) in [4.78, 5) is 22.9. The van der Waals surface area contributed by atoms with Crippen LogP contribution >= 0.6 is 15.9 Å². The van der Waals surface area contributed by atoms with E-state index in [1.807, 2.05) is 0 Å². The number of amides is 1. The molecule has 0 radical (unpaired) electrons. The van der Waals surface area contributed by atoms with Crippen LogP contribution in [0.5, 0.6) is 0 Å². The lowest BCUT2D eigenvalue weighted by atomic mass is 9.66. The summed E-state index contributed by atoms with van der Waals surface area (Å²) in [5.74, 6) is -1.59. The van der Waals surface area contributed by atoms with Crippen molar-refractivity contribution >= 4 is 27.8 Å². The average Bonchev–Trinajstić information content (AvgIpc) is 2.31. The number of nitrogens with one attached hydrogen (secondary N) is 1. The summed E-state index contributed by atoms with van der Waals surface area (Å²) in [5.41, 5.74) is 0.0183. The van der Waals surface area contributed by atoms with Crippen LogP contribution < -0.4 is 5.32 Å². The van der Waals surface area contributed by atoms with Crippen LogP contribution in [-0.4, -0.2) is 23.5 Å². The van der Waals surface area contributed by atoms with Gasteiger partial charge in [0.05, 0.1) is 12.0 Å². The zero-order chi connectivity index (χ0) is 14.8. The van der Waals surface area contributed by atoms with Crippen LogP contribution in [-0.2, 0) is 4.79 Å². The number of hydrogen-bond donors (Lipinski definition) is 2. The lowest BCUT2D eigenvalue weighted by Gasteiger charge is -2.40. The van der Waals surface area contributed by atoms with Gasteiger partial charge in [-0.3, -0.25) is 9.59 Å². The first kappa shape index (κ1) is 15.0. The van der Waals surface area contributed by atoms with Crippen LogP contribution in [0.4, 0.5) is 4.39 Å². The largest absolute Gasteiger partial charge is 0.481 e. The molecule has 1 aromatic carbocycles. The predicted molar refractivity (Wildman–Crippen MR) is 75.0 cm³/mol. The van der Waals surface area contributed by atoms with Gasteiger partial charge in [0.1, 0.15) is 5.82 Å². The molecule has 1 amide bonds. The fourth-order valence-corrected chi connectivity index (χ4v) is 2.98. The van der Waals surface area contributed by atoms with E-state index in [1.54, 1.807) is 0 Å². The van der Waals surface area contributed by atoms with Gasteiger partial charge in [-0.15, -0.1) is 0 Å². The van der Waals surface area contributed by atoms with Crippen molar-refractivity contribution in [2.75, 3.05) is 6.54 Å². The van der Waals surface area contributed by atoms with E-state index in [4.69, 9.17) is 5.11 Å². The van der Waals surface area contributed by atoms with Gasteiger partial charge in [0.15, 0.2) is 0 Å². The molecule has 1 fully saturated rings. The van der Waals surface area contributed by atoms with Crippen molar-refractivity contribution in [3.8, 4) is 0 Å². The Balaban J connectivity index is 1.99. The number of carbonyl (C=O) groups excluding carboxylic acids is 1. The molecule has 0 aliphatic heterocycles. The third-order valence-corrected chi connectivity index (χ3v) is 4.40. The van der Waals surface area contributed by atoms with E-state index < -0.39 is 11.8 Å². The molecule has 4 nitrogen and oxygen atoms in total. The van der Waals surface area contributed by atoms with Crippen LogP contribution in [0.2, 0.25) is 0 Å². The number of carboxylic acid groups (broad SMARTS) is 1. The summed E-state index contributed by atoms with van der Waals surface area (Å²) < 4.78 is 13.4. The Labute approximate surface area is 124 Å². The lowest BCUT2D eigenvalue weighted by Crippen LogP contribution is -2.43. The summed E-state index contributed by atoms with van der Waals surface area (Å²) in [6.07, 6.45) is 2.68. The Morgan fingerprint density at radius 1 is 1.40 bits per heavy atom. The van der Waals surface area contributed by atoms with Crippen molar-refractivity contribution in [2.45, 2.75) is 25.7 Å². The van der Waals surface area contributed by atoms with E-state index in [2.05, 4.69) is 21.2 Å². The topological polar surface area (TPSA) is 66.4 Å². The molecule has 0 atom stereocenters. The van der Waals surface area contributed by atoms with Crippen molar-refractivity contribution < 1.29 is 19.1 Å². The van der Waals surface area contributed by atoms with E-state index >= 15 is 0 Å². The third-order valence-electron chi connectivity index (χ3n) is 3.74. The zero-order valence-electron chi connectivity index (χ0n) is 10.8. The predicted octanol–water partition coefficient (Wildman–Crippen LogP) is 2.96. The van der Waals surface area contributed by atoms with Crippen molar-refractivity contribution in [1.29, 1.82) is 0 Å². The molecule has 1 aliphatic carbocycles. The molecule has 0 saturated heterocycles. The number of hydrogen-bond acceptors (Lipinski definition) is 2. The highest BCUT2D eigenvalue weighted by Gasteiger charge is 2.39. The van der Waals surface area contributed by atoms with E-state index in [-0.39, 0.29) is 17.7 Å². The summed E-state index contributed by atoms with van der Waals surface area (Å²) in [6, 6.07) is 3.85. The smallest absolute Gasteiger partial charge is 0.303 e. The molecular formula is C14H15BrFNO3. The number of halogens is 2. The van der Waals surface area contributed by atoms with Gasteiger partial charge in [-0.05, 0) is 52.4 Å². The minimum absolute atomic E-state index is 0.0673. The van der Waals surface area contributed by atoms with E-state index in [0.29, 0.717) is 16.6 Å². The molecule has 1 saturated carbocycles. The second-order valence-electron chi connectivity index (χ2n) is 5.23. The maximum Gasteiger partial charge on any atom is 0.303 e. The normalized spacial score (nSPS) is 16.3. The number of rotatable bonds is 5. The minimum atomic E-state index is -0.845. The minimum Gasteiger partial charge on any atom is -0.481 e. The third kappa shape index (κ3) is 3.36. The fourth-order valence-electron chi connectivity index (χ4n) is 2.45. The van der Waals surface area contributed by atoms with Crippen molar-refractivity contribution in [3.05, 3.63) is 34.1 Å². The molecule has 2 rings (SSSR count). The Hall–Kier alpha value is -1.43. The molecule has 0 unspecified atom stereocenters. The van der Waals surface area contributed by atoms with Crippen molar-refractivity contribution in [1.82, 2.24) is 5.32 Å². The summed E-state index contributed by atoms with van der Waals surface area (Å²) in [6.45, 7) is 0.335. The number of benzene rings is 1. The lowest BCUT2D eigenvalue weighted by molar-refractivity contribution is -0.141. The molecule has 1 aromatic rings. The van der Waals surface area contributed by atoms with Gasteiger partial charge in [0.2, 0.25) is 0 Å². The quantitative estimate of drug-likeness (QED) is 0.863. The molecule has 0 aromatic heterocycles. The second kappa shape index (κ2) is 5.91. The van der Waals surface area contributed by atoms with Gasteiger partial charge in [0, 0.05) is 11.0 Å². The highest BCUT2D eigenvalue weighted by Crippen LogP contribution is 2.43. The average molecular weight is 344 g/mol. The number of aliphatic carboxylic acids is 1. The highest BCUT2D eigenvalue weighted by atomic mass is 79.9. The van der Waals surface area contributed by atoms with Crippen LogP contribution in [0.25, 0.3) is 0 Å². The number of carbonyl (C=O) groups is 2. The number of carboxylic acids is 1. The van der Waals surface area contributed by atoms with E-state index in [9.17, 15) is 14.0 Å². The molecule has 0 bridgehead atoms. The van der Waals surface area contributed by atoms with Gasteiger partial charge in [-0.1, -0.05) is 6.42 Å². The standard InChI is InChI=1S/C14H15BrFNO3/c15-11-6-9(16)2-3-10(11)13(20)17-8-14(4-1-5-14)7-12(18)19/h2-3,6H,1,4-5,7-8H2,(H,17,20)(H,18,19). The van der Waals surface area contributed by atoms with Crippen molar-refractivity contribution in [3.63, 3.8) is 0 Å². The van der Waals surface area contributed by atoms with Gasteiger partial charge in [-0.25, -0.2) is 4.39 Å². The molecule has 0 heterocycles. The molecule has 6 heteroatoms. The first-order valence-electron chi connectivity index (χ1n) is 6.37. The van der Waals surface area contributed by atoms with Crippen LogP contribution in [0.3, 0.4) is 0 Å². The Morgan fingerprint density at radius 3 is 2.60 bits per heavy atom. The maximum atomic E-state index is 13.0. The molecule has 108 valence electrons. The van der Waals surface area contributed by atoms with Crippen LogP contribution in [0.1, 0.15) is 36.0 Å². The van der Waals surface area contributed by atoms with Crippen LogP contribution in [0.15, 0.2) is 22.7 Å². The summed E-state index contributed by atoms with van der Waals surface area (Å²) in [5, 5.41) is 11.7.